The van der Waals surface area contributed by atoms with Crippen molar-refractivity contribution in [2.24, 2.45) is 5.41 Å². The normalized spacial score (nSPS) is 11.9. The molecular weight excluding hydrogens is 392 g/mol. The van der Waals surface area contributed by atoms with E-state index in [1.807, 2.05) is 0 Å². The Morgan fingerprint density at radius 1 is 1.15 bits per heavy atom. The standard InChI is InChI=1S/C16H22N4O5S2/c1-16(2,3)13(21)18-14-19-20-15(26-14)27(22,23)17-9-10-6-7-11(24-4)12(8-10)25-5/h6-8,17H,9H2,1-5H3,(H,18,19,21). The number of ether oxygens (including phenoxy) is 2. The highest BCUT2D eigenvalue weighted by Crippen LogP contribution is 2.28. The van der Waals surface area contributed by atoms with Crippen molar-refractivity contribution in [1.82, 2.24) is 14.9 Å². The van der Waals surface area contributed by atoms with Gasteiger partial charge < -0.3 is 14.8 Å². The number of hydrogen-bond acceptors (Lipinski definition) is 8. The molecule has 0 aliphatic heterocycles. The van der Waals surface area contributed by atoms with E-state index in [0.717, 1.165) is 11.3 Å². The van der Waals surface area contributed by atoms with Crippen molar-refractivity contribution in [3.05, 3.63) is 23.8 Å². The lowest BCUT2D eigenvalue weighted by Crippen LogP contribution is -2.27. The number of hydrogen-bond donors (Lipinski definition) is 2. The van der Waals surface area contributed by atoms with Crippen LogP contribution in [-0.4, -0.2) is 38.7 Å². The Kier molecular flexibility index (Phi) is 6.39. The van der Waals surface area contributed by atoms with E-state index in [9.17, 15) is 13.2 Å². The summed E-state index contributed by atoms with van der Waals surface area (Å²) in [6.07, 6.45) is 0. The van der Waals surface area contributed by atoms with Crippen molar-refractivity contribution in [1.29, 1.82) is 0 Å². The van der Waals surface area contributed by atoms with Crippen molar-refractivity contribution >= 4 is 32.4 Å². The van der Waals surface area contributed by atoms with Crippen LogP contribution in [0.4, 0.5) is 5.13 Å². The van der Waals surface area contributed by atoms with Gasteiger partial charge in [-0.1, -0.05) is 38.2 Å². The zero-order chi connectivity index (χ0) is 20.2. The number of benzene rings is 1. The van der Waals surface area contributed by atoms with Gasteiger partial charge in [0.05, 0.1) is 14.2 Å². The van der Waals surface area contributed by atoms with Gasteiger partial charge in [-0.05, 0) is 17.7 Å². The first-order valence-electron chi connectivity index (χ1n) is 7.92. The van der Waals surface area contributed by atoms with Crippen molar-refractivity contribution in [2.45, 2.75) is 31.7 Å². The van der Waals surface area contributed by atoms with Gasteiger partial charge in [0, 0.05) is 12.0 Å². The van der Waals surface area contributed by atoms with Crippen molar-refractivity contribution in [3.8, 4) is 11.5 Å². The first kappa shape index (κ1) is 21.1. The van der Waals surface area contributed by atoms with Gasteiger partial charge in [0.1, 0.15) is 0 Å². The molecule has 0 atom stereocenters. The van der Waals surface area contributed by atoms with Gasteiger partial charge in [-0.15, -0.1) is 10.2 Å². The fraction of sp³-hybridized carbons (Fsp3) is 0.438. The number of nitrogens with one attached hydrogen (secondary N) is 2. The van der Waals surface area contributed by atoms with Gasteiger partial charge >= 0.3 is 0 Å². The number of anilines is 1. The average molecular weight is 415 g/mol. The lowest BCUT2D eigenvalue weighted by Gasteiger charge is -2.15. The van der Waals surface area contributed by atoms with Crippen LogP contribution in [0.3, 0.4) is 0 Å². The molecule has 1 amide bonds. The third kappa shape index (κ3) is 5.37. The average Bonchev–Trinajstić information content (AvgIpc) is 3.08. The maximum atomic E-state index is 12.4. The van der Waals surface area contributed by atoms with Crippen LogP contribution in [0, 0.1) is 5.41 Å². The Morgan fingerprint density at radius 2 is 1.81 bits per heavy atom. The van der Waals surface area contributed by atoms with Crippen LogP contribution in [0.2, 0.25) is 0 Å². The maximum absolute atomic E-state index is 12.4. The predicted molar refractivity (Wildman–Crippen MR) is 102 cm³/mol. The molecule has 2 N–H and O–H groups in total. The minimum atomic E-state index is -3.87. The second-order valence-electron chi connectivity index (χ2n) is 6.59. The molecule has 148 valence electrons. The number of amides is 1. The molecule has 1 heterocycles. The molecule has 9 nitrogen and oxygen atoms in total. The molecule has 0 saturated heterocycles. The lowest BCUT2D eigenvalue weighted by molar-refractivity contribution is -0.123. The highest BCUT2D eigenvalue weighted by Gasteiger charge is 2.25. The van der Waals surface area contributed by atoms with E-state index in [-0.39, 0.29) is 21.9 Å². The van der Waals surface area contributed by atoms with Crippen LogP contribution in [-0.2, 0) is 21.4 Å². The predicted octanol–water partition coefficient (Wildman–Crippen LogP) is 2.02. The van der Waals surface area contributed by atoms with Gasteiger partial charge in [-0.2, -0.15) is 0 Å². The largest absolute Gasteiger partial charge is 0.493 e. The van der Waals surface area contributed by atoms with E-state index in [2.05, 4.69) is 20.2 Å². The molecule has 0 bridgehead atoms. The van der Waals surface area contributed by atoms with E-state index >= 15 is 0 Å². The second-order valence-corrected chi connectivity index (χ2v) is 9.51. The highest BCUT2D eigenvalue weighted by molar-refractivity contribution is 7.91. The molecule has 0 radical (unpaired) electrons. The molecule has 0 aliphatic carbocycles. The number of carbonyl (C=O) groups excluding carboxylic acids is 1. The van der Waals surface area contributed by atoms with Crippen LogP contribution in [0.1, 0.15) is 26.3 Å². The molecule has 0 fully saturated rings. The van der Waals surface area contributed by atoms with Crippen molar-refractivity contribution in [3.63, 3.8) is 0 Å². The molecule has 0 saturated carbocycles. The Morgan fingerprint density at radius 3 is 2.41 bits per heavy atom. The minimum absolute atomic E-state index is 0.0337. The summed E-state index contributed by atoms with van der Waals surface area (Å²) in [5.74, 6) is 0.769. The van der Waals surface area contributed by atoms with Gasteiger partial charge in [0.15, 0.2) is 11.5 Å². The third-order valence-electron chi connectivity index (χ3n) is 3.45. The van der Waals surface area contributed by atoms with E-state index in [0.29, 0.717) is 17.1 Å². The number of methoxy groups -OCH3 is 2. The molecule has 11 heteroatoms. The van der Waals surface area contributed by atoms with Crippen LogP contribution >= 0.6 is 11.3 Å². The fourth-order valence-electron chi connectivity index (χ4n) is 1.88. The second kappa shape index (κ2) is 8.19. The smallest absolute Gasteiger partial charge is 0.270 e. The Labute approximate surface area is 162 Å². The molecule has 2 aromatic rings. The maximum Gasteiger partial charge on any atom is 0.270 e. The minimum Gasteiger partial charge on any atom is -0.493 e. The molecular formula is C16H22N4O5S2. The molecule has 27 heavy (non-hydrogen) atoms. The van der Waals surface area contributed by atoms with E-state index < -0.39 is 15.4 Å². The van der Waals surface area contributed by atoms with Gasteiger partial charge in [-0.25, -0.2) is 13.1 Å². The first-order valence-corrected chi connectivity index (χ1v) is 10.2. The summed E-state index contributed by atoms with van der Waals surface area (Å²) in [6, 6.07) is 5.09. The number of aromatic nitrogens is 2. The van der Waals surface area contributed by atoms with E-state index in [1.165, 1.54) is 14.2 Å². The summed E-state index contributed by atoms with van der Waals surface area (Å²) < 4.78 is 37.4. The zero-order valence-corrected chi connectivity index (χ0v) is 17.3. The third-order valence-corrected chi connectivity index (χ3v) is 6.06. The number of carbonyl (C=O) groups is 1. The number of rotatable bonds is 7. The monoisotopic (exact) mass is 414 g/mol. The van der Waals surface area contributed by atoms with Gasteiger partial charge in [0.25, 0.3) is 10.0 Å². The van der Waals surface area contributed by atoms with Crippen molar-refractivity contribution < 1.29 is 22.7 Å². The lowest BCUT2D eigenvalue weighted by atomic mass is 9.96. The summed E-state index contributed by atoms with van der Waals surface area (Å²) in [6.45, 7) is 5.26. The summed E-state index contributed by atoms with van der Waals surface area (Å²) >= 11 is 0.784. The molecule has 1 aromatic heterocycles. The summed E-state index contributed by atoms with van der Waals surface area (Å²) in [5.41, 5.74) is 0.0538. The highest BCUT2D eigenvalue weighted by atomic mass is 32.2. The SMILES string of the molecule is COc1ccc(CNS(=O)(=O)c2nnc(NC(=O)C(C)(C)C)s2)cc1OC. The topological polar surface area (TPSA) is 120 Å². The summed E-state index contributed by atoms with van der Waals surface area (Å²) in [7, 11) is -0.853. The van der Waals surface area contributed by atoms with Crippen molar-refractivity contribution in [2.75, 3.05) is 19.5 Å². The molecule has 2 rings (SSSR count). The van der Waals surface area contributed by atoms with Crippen LogP contribution in [0.5, 0.6) is 11.5 Å². The van der Waals surface area contributed by atoms with Crippen LogP contribution in [0.25, 0.3) is 0 Å². The van der Waals surface area contributed by atoms with Gasteiger partial charge in [-0.3, -0.25) is 4.79 Å². The fourth-order valence-corrected chi connectivity index (χ4v) is 3.84. The Hall–Kier alpha value is -2.24. The van der Waals surface area contributed by atoms with Crippen LogP contribution in [0.15, 0.2) is 22.5 Å². The molecule has 0 unspecified atom stereocenters. The Balaban J connectivity index is 2.08. The molecule has 0 aliphatic rings. The number of sulfonamides is 1. The van der Waals surface area contributed by atoms with Gasteiger partial charge in [0.2, 0.25) is 15.4 Å². The Bertz CT molecular complexity index is 919. The summed E-state index contributed by atoms with van der Waals surface area (Å²) in [5, 5.41) is 10.1. The van der Waals surface area contributed by atoms with E-state index in [1.54, 1.807) is 39.0 Å². The zero-order valence-electron chi connectivity index (χ0n) is 15.7. The number of nitrogens with zero attached hydrogens (tertiary/aromatic N) is 2. The van der Waals surface area contributed by atoms with Crippen LogP contribution < -0.4 is 19.5 Å². The molecule has 0 spiro atoms. The summed E-state index contributed by atoms with van der Waals surface area (Å²) in [4.78, 5) is 12.0. The van der Waals surface area contributed by atoms with E-state index in [4.69, 9.17) is 9.47 Å². The quantitative estimate of drug-likeness (QED) is 0.665. The first-order chi connectivity index (χ1) is 12.6. The molecule has 1 aromatic carbocycles.